The van der Waals surface area contributed by atoms with E-state index in [-0.39, 0.29) is 0 Å². The van der Waals surface area contributed by atoms with Gasteiger partial charge >= 0.3 is 0 Å². The number of fused-ring (bicyclic) bond motifs is 9. The largest absolute Gasteiger partial charge is 0.135 e. The number of rotatable bonds is 3. The summed E-state index contributed by atoms with van der Waals surface area (Å²) in [5.41, 5.74) is 7.64. The molecule has 0 saturated carbocycles. The van der Waals surface area contributed by atoms with Crippen LogP contribution in [0, 0.1) is 0 Å². The summed E-state index contributed by atoms with van der Waals surface area (Å²) in [4.78, 5) is 0. The molecule has 0 nitrogen and oxygen atoms in total. The number of hydrogen-bond acceptors (Lipinski definition) is 1. The Hall–Kier alpha value is -6.28. The molecule has 51 heavy (non-hydrogen) atoms. The summed E-state index contributed by atoms with van der Waals surface area (Å²) < 4.78 is 2.67. The molecular formula is C50H30S. The molecule has 0 spiro atoms. The van der Waals surface area contributed by atoms with Crippen LogP contribution in [0.1, 0.15) is 0 Å². The lowest BCUT2D eigenvalue weighted by atomic mass is 9.83. The highest BCUT2D eigenvalue weighted by atomic mass is 32.1. The lowest BCUT2D eigenvalue weighted by Gasteiger charge is -2.20. The lowest BCUT2D eigenvalue weighted by Crippen LogP contribution is -1.93. The summed E-state index contributed by atoms with van der Waals surface area (Å²) in [6.07, 6.45) is 0. The highest BCUT2D eigenvalue weighted by Gasteiger charge is 2.20. The maximum absolute atomic E-state index is 2.42. The van der Waals surface area contributed by atoms with Gasteiger partial charge in [0.05, 0.1) is 0 Å². The van der Waals surface area contributed by atoms with E-state index in [1.54, 1.807) is 0 Å². The van der Waals surface area contributed by atoms with Crippen LogP contribution in [-0.2, 0) is 0 Å². The molecule has 0 bridgehead atoms. The van der Waals surface area contributed by atoms with Gasteiger partial charge in [-0.05, 0) is 105 Å². The molecule has 0 aliphatic carbocycles. The smallest absolute Gasteiger partial charge is 0.0361 e. The molecule has 236 valence electrons. The van der Waals surface area contributed by atoms with Gasteiger partial charge in [0, 0.05) is 20.2 Å². The molecule has 0 amide bonds. The van der Waals surface area contributed by atoms with Gasteiger partial charge in [0.25, 0.3) is 0 Å². The van der Waals surface area contributed by atoms with Gasteiger partial charge in [0.15, 0.2) is 0 Å². The second kappa shape index (κ2) is 11.1. The molecule has 0 fully saturated rings. The van der Waals surface area contributed by atoms with Gasteiger partial charge in [0.2, 0.25) is 0 Å². The molecule has 0 saturated heterocycles. The zero-order valence-corrected chi connectivity index (χ0v) is 28.5. The van der Waals surface area contributed by atoms with Crippen molar-refractivity contribution in [1.29, 1.82) is 0 Å². The maximum atomic E-state index is 2.42. The van der Waals surface area contributed by atoms with Gasteiger partial charge < -0.3 is 0 Å². The minimum Gasteiger partial charge on any atom is -0.135 e. The van der Waals surface area contributed by atoms with Crippen LogP contribution in [0.15, 0.2) is 182 Å². The van der Waals surface area contributed by atoms with Crippen molar-refractivity contribution in [3.63, 3.8) is 0 Å². The Bertz CT molecular complexity index is 3130. The predicted octanol–water partition coefficient (Wildman–Crippen LogP) is 14.8. The number of hydrogen-bond donors (Lipinski definition) is 0. The molecule has 0 N–H and O–H groups in total. The van der Waals surface area contributed by atoms with Crippen LogP contribution in [0.3, 0.4) is 0 Å². The molecule has 1 heterocycles. The quantitative estimate of drug-likeness (QED) is 0.165. The van der Waals surface area contributed by atoms with E-state index in [1.165, 1.54) is 107 Å². The molecular weight excluding hydrogens is 633 g/mol. The van der Waals surface area contributed by atoms with Crippen molar-refractivity contribution in [2.24, 2.45) is 0 Å². The van der Waals surface area contributed by atoms with Crippen LogP contribution >= 0.6 is 11.3 Å². The SMILES string of the molecule is c1ccc2c(-c3c4ccccc4c(-c4ccc(-c5ccc6sc7ccc8ccccc8c7c6c5)c5ccccc45)c4ccccc34)cccc2c1. The third-order valence-corrected chi connectivity index (χ3v) is 12.0. The molecule has 1 aromatic heterocycles. The van der Waals surface area contributed by atoms with E-state index in [0.717, 1.165) is 0 Å². The summed E-state index contributed by atoms with van der Waals surface area (Å²) in [5, 5.41) is 15.5. The maximum Gasteiger partial charge on any atom is 0.0361 e. The Labute approximate surface area is 299 Å². The third-order valence-electron chi connectivity index (χ3n) is 10.9. The molecule has 0 radical (unpaired) electrons. The Balaban J connectivity index is 1.18. The normalized spacial score (nSPS) is 11.9. The van der Waals surface area contributed by atoms with Crippen molar-refractivity contribution in [3.05, 3.63) is 182 Å². The fourth-order valence-corrected chi connectivity index (χ4v) is 9.74. The molecule has 11 rings (SSSR count). The molecule has 0 aliphatic heterocycles. The molecule has 1 heteroatoms. The van der Waals surface area contributed by atoms with Crippen molar-refractivity contribution in [3.8, 4) is 33.4 Å². The van der Waals surface area contributed by atoms with E-state index in [4.69, 9.17) is 0 Å². The first-order chi connectivity index (χ1) is 25.3. The summed E-state index contributed by atoms with van der Waals surface area (Å²) in [6.45, 7) is 0. The lowest BCUT2D eigenvalue weighted by molar-refractivity contribution is 1.67. The van der Waals surface area contributed by atoms with Crippen molar-refractivity contribution in [1.82, 2.24) is 0 Å². The van der Waals surface area contributed by atoms with Crippen molar-refractivity contribution in [2.75, 3.05) is 0 Å². The second-order valence-electron chi connectivity index (χ2n) is 13.5. The zero-order valence-electron chi connectivity index (χ0n) is 27.7. The van der Waals surface area contributed by atoms with Crippen LogP contribution < -0.4 is 0 Å². The molecule has 0 atom stereocenters. The van der Waals surface area contributed by atoms with Crippen LogP contribution in [0.5, 0.6) is 0 Å². The summed E-state index contributed by atoms with van der Waals surface area (Å²) in [7, 11) is 0. The second-order valence-corrected chi connectivity index (χ2v) is 14.6. The third kappa shape index (κ3) is 4.26. The predicted molar refractivity (Wildman–Crippen MR) is 223 cm³/mol. The Morgan fingerprint density at radius 3 is 1.41 bits per heavy atom. The highest BCUT2D eigenvalue weighted by molar-refractivity contribution is 7.26. The van der Waals surface area contributed by atoms with Crippen LogP contribution in [0.2, 0.25) is 0 Å². The van der Waals surface area contributed by atoms with E-state index in [0.29, 0.717) is 0 Å². The molecule has 11 aromatic rings. The van der Waals surface area contributed by atoms with Crippen molar-refractivity contribution >= 4 is 85.4 Å². The van der Waals surface area contributed by atoms with Crippen LogP contribution in [0.4, 0.5) is 0 Å². The summed E-state index contributed by atoms with van der Waals surface area (Å²) in [6, 6.07) is 67.5. The topological polar surface area (TPSA) is 0 Å². The monoisotopic (exact) mass is 662 g/mol. The Morgan fingerprint density at radius 1 is 0.275 bits per heavy atom. The number of benzene rings is 10. The fraction of sp³-hybridized carbons (Fsp3) is 0. The first-order valence-electron chi connectivity index (χ1n) is 17.6. The van der Waals surface area contributed by atoms with Gasteiger partial charge in [-0.1, -0.05) is 164 Å². The first kappa shape index (κ1) is 28.5. The minimum absolute atomic E-state index is 1.25. The summed E-state index contributed by atoms with van der Waals surface area (Å²) >= 11 is 1.89. The van der Waals surface area contributed by atoms with Gasteiger partial charge in [0.1, 0.15) is 0 Å². The van der Waals surface area contributed by atoms with Crippen LogP contribution in [0.25, 0.3) is 107 Å². The van der Waals surface area contributed by atoms with Gasteiger partial charge in [-0.3, -0.25) is 0 Å². The Morgan fingerprint density at radius 2 is 0.745 bits per heavy atom. The van der Waals surface area contributed by atoms with E-state index >= 15 is 0 Å². The van der Waals surface area contributed by atoms with Gasteiger partial charge in [-0.25, -0.2) is 0 Å². The van der Waals surface area contributed by atoms with Gasteiger partial charge in [-0.2, -0.15) is 0 Å². The van der Waals surface area contributed by atoms with Crippen molar-refractivity contribution in [2.45, 2.75) is 0 Å². The average molecular weight is 663 g/mol. The average Bonchev–Trinajstić information content (AvgIpc) is 3.58. The fourth-order valence-electron chi connectivity index (χ4n) is 8.64. The number of thiophene rings is 1. The van der Waals surface area contributed by atoms with Crippen LogP contribution in [-0.4, -0.2) is 0 Å². The van der Waals surface area contributed by atoms with Crippen molar-refractivity contribution < 1.29 is 0 Å². The minimum atomic E-state index is 1.25. The Kier molecular flexibility index (Phi) is 6.22. The molecule has 0 aliphatic rings. The van der Waals surface area contributed by atoms with E-state index in [2.05, 4.69) is 182 Å². The summed E-state index contributed by atoms with van der Waals surface area (Å²) in [5.74, 6) is 0. The highest BCUT2D eigenvalue weighted by Crippen LogP contribution is 2.48. The van der Waals surface area contributed by atoms with E-state index < -0.39 is 0 Å². The molecule has 0 unspecified atom stereocenters. The standard InChI is InChI=1S/C50H30S/c1-3-15-34-31(12-1)14-11-23-39(34)48-40-19-7-9-21-42(40)49(43-22-10-8-20-41(43)48)44-27-26-35(37-17-5-6-18-38(37)44)33-25-28-46-45(30-33)50-36-16-4-2-13-32(36)24-29-47(50)51-46/h1-30H. The van der Waals surface area contributed by atoms with Gasteiger partial charge in [-0.15, -0.1) is 11.3 Å². The van der Waals surface area contributed by atoms with E-state index in [1.807, 2.05) is 11.3 Å². The van der Waals surface area contributed by atoms with E-state index in [9.17, 15) is 0 Å². The first-order valence-corrected chi connectivity index (χ1v) is 18.4. The molecule has 10 aromatic carbocycles. The zero-order chi connectivity index (χ0) is 33.5.